The predicted molar refractivity (Wildman–Crippen MR) is 78.8 cm³/mol. The summed E-state index contributed by atoms with van der Waals surface area (Å²) in [5.41, 5.74) is 0.258. The number of methoxy groups -OCH3 is 1. The number of rotatable bonds is 6. The molecule has 0 saturated carbocycles. The van der Waals surface area contributed by atoms with Gasteiger partial charge in [-0.25, -0.2) is 0 Å². The molecule has 0 aliphatic rings. The third kappa shape index (κ3) is 3.14. The normalized spacial score (nSPS) is 17.2. The third-order valence-corrected chi connectivity index (χ3v) is 4.04. The van der Waals surface area contributed by atoms with Crippen LogP contribution in [0.25, 0.3) is 0 Å². The number of ether oxygens (including phenoxy) is 1. The van der Waals surface area contributed by atoms with Gasteiger partial charge in [0.05, 0.1) is 12.0 Å². The van der Waals surface area contributed by atoms with Crippen molar-refractivity contribution < 1.29 is 14.4 Å². The molecule has 21 heavy (non-hydrogen) atoms. The van der Waals surface area contributed by atoms with Gasteiger partial charge in [-0.2, -0.15) is 4.98 Å². The van der Waals surface area contributed by atoms with Crippen LogP contribution in [0.3, 0.4) is 0 Å². The summed E-state index contributed by atoms with van der Waals surface area (Å²) < 4.78 is 10.8. The van der Waals surface area contributed by atoms with E-state index in [4.69, 9.17) is 9.26 Å². The van der Waals surface area contributed by atoms with Crippen LogP contribution in [-0.2, 0) is 10.3 Å². The van der Waals surface area contributed by atoms with Gasteiger partial charge in [0.1, 0.15) is 5.60 Å². The predicted octanol–water partition coefficient (Wildman–Crippen LogP) is 3.18. The molecule has 0 fully saturated rings. The summed E-state index contributed by atoms with van der Waals surface area (Å²) >= 11 is 0. The molecule has 5 nitrogen and oxygen atoms in total. The summed E-state index contributed by atoms with van der Waals surface area (Å²) in [5.74, 6) is 0.638. The van der Waals surface area contributed by atoms with Crippen LogP contribution in [-0.4, -0.2) is 22.4 Å². The highest BCUT2D eigenvalue weighted by Gasteiger charge is 2.32. The van der Waals surface area contributed by atoms with E-state index in [0.717, 1.165) is 12.0 Å². The van der Waals surface area contributed by atoms with E-state index in [1.807, 2.05) is 51.1 Å². The molecule has 0 spiro atoms. The summed E-state index contributed by atoms with van der Waals surface area (Å²) in [6.45, 7) is 5.78. The zero-order valence-electron chi connectivity index (χ0n) is 12.9. The number of benzene rings is 1. The standard InChI is InChI=1S/C16H22N2O3/c1-5-16(3,20-4)15-17-14(21-18-15)11(2)13(19)12-9-7-6-8-10-12/h6-11,13,19H,5H2,1-4H3. The maximum absolute atomic E-state index is 10.4. The van der Waals surface area contributed by atoms with Crippen LogP contribution in [0.1, 0.15) is 56.5 Å². The van der Waals surface area contributed by atoms with Crippen LogP contribution in [0.5, 0.6) is 0 Å². The van der Waals surface area contributed by atoms with E-state index in [0.29, 0.717) is 11.7 Å². The van der Waals surface area contributed by atoms with Gasteiger partial charge in [-0.05, 0) is 18.9 Å². The second kappa shape index (κ2) is 6.37. The van der Waals surface area contributed by atoms with E-state index in [2.05, 4.69) is 10.1 Å². The molecule has 1 aromatic carbocycles. The van der Waals surface area contributed by atoms with Gasteiger partial charge in [0, 0.05) is 7.11 Å². The highest BCUT2D eigenvalue weighted by Crippen LogP contribution is 2.32. The Hall–Kier alpha value is -1.72. The summed E-state index contributed by atoms with van der Waals surface area (Å²) in [5, 5.41) is 14.4. The second-order valence-corrected chi connectivity index (χ2v) is 5.39. The molecular formula is C16H22N2O3. The van der Waals surface area contributed by atoms with Crippen molar-refractivity contribution in [1.82, 2.24) is 10.1 Å². The first-order valence-electron chi connectivity index (χ1n) is 7.14. The Bertz CT molecular complexity index is 564. The van der Waals surface area contributed by atoms with Crippen LogP contribution in [0.15, 0.2) is 34.9 Å². The number of aromatic nitrogens is 2. The summed E-state index contributed by atoms with van der Waals surface area (Å²) in [6, 6.07) is 9.46. The molecule has 0 amide bonds. The molecule has 1 N–H and O–H groups in total. The molecule has 0 radical (unpaired) electrons. The van der Waals surface area contributed by atoms with Crippen molar-refractivity contribution in [3.8, 4) is 0 Å². The number of aliphatic hydroxyl groups excluding tert-OH is 1. The van der Waals surface area contributed by atoms with Crippen molar-refractivity contribution in [2.45, 2.75) is 44.8 Å². The van der Waals surface area contributed by atoms with Gasteiger partial charge < -0.3 is 14.4 Å². The van der Waals surface area contributed by atoms with Crippen LogP contribution >= 0.6 is 0 Å². The van der Waals surface area contributed by atoms with Crippen molar-refractivity contribution in [1.29, 1.82) is 0 Å². The topological polar surface area (TPSA) is 68.4 Å². The van der Waals surface area contributed by atoms with E-state index >= 15 is 0 Å². The Balaban J connectivity index is 2.21. The van der Waals surface area contributed by atoms with E-state index in [1.54, 1.807) is 7.11 Å². The molecule has 3 atom stereocenters. The lowest BCUT2D eigenvalue weighted by Gasteiger charge is -2.22. The Morgan fingerprint density at radius 1 is 1.33 bits per heavy atom. The Kier molecular flexibility index (Phi) is 4.75. The van der Waals surface area contributed by atoms with Gasteiger partial charge >= 0.3 is 0 Å². The summed E-state index contributed by atoms with van der Waals surface area (Å²) in [7, 11) is 1.63. The molecule has 2 aromatic rings. The van der Waals surface area contributed by atoms with Gasteiger partial charge in [-0.15, -0.1) is 0 Å². The lowest BCUT2D eigenvalue weighted by atomic mass is 9.97. The SMILES string of the molecule is CCC(C)(OC)c1noc(C(C)C(O)c2ccccc2)n1. The zero-order valence-corrected chi connectivity index (χ0v) is 12.9. The minimum absolute atomic E-state index is 0.286. The number of hydrogen-bond acceptors (Lipinski definition) is 5. The average molecular weight is 290 g/mol. The van der Waals surface area contributed by atoms with E-state index in [-0.39, 0.29) is 5.92 Å². The fourth-order valence-corrected chi connectivity index (χ4v) is 2.10. The number of hydrogen-bond donors (Lipinski definition) is 1. The quantitative estimate of drug-likeness (QED) is 0.885. The first kappa shape index (κ1) is 15.7. The second-order valence-electron chi connectivity index (χ2n) is 5.39. The molecule has 2 rings (SSSR count). The third-order valence-electron chi connectivity index (χ3n) is 4.04. The fraction of sp³-hybridized carbons (Fsp3) is 0.500. The summed E-state index contributed by atoms with van der Waals surface area (Å²) in [4.78, 5) is 4.41. The fourth-order valence-electron chi connectivity index (χ4n) is 2.10. The molecule has 0 bridgehead atoms. The maximum atomic E-state index is 10.4. The minimum atomic E-state index is -0.685. The van der Waals surface area contributed by atoms with E-state index < -0.39 is 11.7 Å². The molecule has 0 saturated heterocycles. The first-order valence-corrected chi connectivity index (χ1v) is 7.14. The highest BCUT2D eigenvalue weighted by molar-refractivity contribution is 5.20. The van der Waals surface area contributed by atoms with E-state index in [9.17, 15) is 5.11 Å². The average Bonchev–Trinajstić information content (AvgIpc) is 3.04. The van der Waals surface area contributed by atoms with Crippen molar-refractivity contribution in [2.75, 3.05) is 7.11 Å². The van der Waals surface area contributed by atoms with Crippen LogP contribution in [0, 0.1) is 0 Å². The minimum Gasteiger partial charge on any atom is -0.388 e. The molecular weight excluding hydrogens is 268 g/mol. The van der Waals surface area contributed by atoms with Crippen molar-refractivity contribution in [3.05, 3.63) is 47.6 Å². The Morgan fingerprint density at radius 3 is 2.57 bits per heavy atom. The first-order chi connectivity index (χ1) is 10.0. The molecule has 114 valence electrons. The smallest absolute Gasteiger partial charge is 0.232 e. The van der Waals surface area contributed by atoms with Gasteiger partial charge in [0.25, 0.3) is 0 Å². The van der Waals surface area contributed by atoms with Gasteiger partial charge in [-0.1, -0.05) is 49.3 Å². The van der Waals surface area contributed by atoms with Gasteiger partial charge in [-0.3, -0.25) is 0 Å². The molecule has 3 unspecified atom stereocenters. The monoisotopic (exact) mass is 290 g/mol. The van der Waals surface area contributed by atoms with Crippen LogP contribution < -0.4 is 0 Å². The van der Waals surface area contributed by atoms with Gasteiger partial charge in [0.2, 0.25) is 11.7 Å². The Labute approximate surface area is 125 Å². The molecule has 0 aliphatic heterocycles. The van der Waals surface area contributed by atoms with Gasteiger partial charge in [0.15, 0.2) is 0 Å². The van der Waals surface area contributed by atoms with Crippen molar-refractivity contribution in [3.63, 3.8) is 0 Å². The van der Waals surface area contributed by atoms with Crippen LogP contribution in [0.4, 0.5) is 0 Å². The maximum Gasteiger partial charge on any atom is 0.232 e. The van der Waals surface area contributed by atoms with E-state index in [1.165, 1.54) is 0 Å². The van der Waals surface area contributed by atoms with Crippen LogP contribution in [0.2, 0.25) is 0 Å². The molecule has 5 heteroatoms. The zero-order chi connectivity index (χ0) is 15.5. The summed E-state index contributed by atoms with van der Waals surface area (Å²) in [6.07, 6.45) is 0.0490. The Morgan fingerprint density at radius 2 is 2.00 bits per heavy atom. The highest BCUT2D eigenvalue weighted by atomic mass is 16.5. The molecule has 1 heterocycles. The van der Waals surface area contributed by atoms with Crippen molar-refractivity contribution in [2.24, 2.45) is 0 Å². The molecule has 0 aliphatic carbocycles. The lowest BCUT2D eigenvalue weighted by Crippen LogP contribution is -2.25. The van der Waals surface area contributed by atoms with Crippen molar-refractivity contribution >= 4 is 0 Å². The number of aliphatic hydroxyl groups is 1. The largest absolute Gasteiger partial charge is 0.388 e. The lowest BCUT2D eigenvalue weighted by molar-refractivity contribution is -0.0106. The molecule has 1 aromatic heterocycles. The number of nitrogens with zero attached hydrogens (tertiary/aromatic N) is 2.